The van der Waals surface area contributed by atoms with E-state index in [1.165, 1.54) is 11.1 Å². The number of hydrogen-bond acceptors (Lipinski definition) is 11. The Morgan fingerprint density at radius 3 is 2.64 bits per heavy atom. The molecule has 4 aromatic heterocycles. The smallest absolute Gasteiger partial charge is 0.255 e. The van der Waals surface area contributed by atoms with Crippen LogP contribution in [0.3, 0.4) is 0 Å². The van der Waals surface area contributed by atoms with Crippen molar-refractivity contribution in [3.8, 4) is 28.0 Å². The number of nitrogens with one attached hydrogen (secondary N) is 2. The average molecular weight is 729 g/mol. The molecule has 2 aliphatic heterocycles. The molecule has 3 aliphatic rings. The molecule has 1 saturated heterocycles. The van der Waals surface area contributed by atoms with Crippen molar-refractivity contribution in [3.63, 3.8) is 0 Å². The first-order chi connectivity index (χ1) is 25.7. The second-order valence-electron chi connectivity index (χ2n) is 13.8. The van der Waals surface area contributed by atoms with Crippen LogP contribution < -0.4 is 10.6 Å². The zero-order valence-electron chi connectivity index (χ0n) is 29.2. The molecule has 4 amide bonds. The molecular formula is C38H36N10O4S. The van der Waals surface area contributed by atoms with Crippen molar-refractivity contribution in [2.45, 2.75) is 69.5 Å². The van der Waals surface area contributed by atoms with Gasteiger partial charge >= 0.3 is 0 Å². The number of anilines is 1. The van der Waals surface area contributed by atoms with Crippen molar-refractivity contribution in [2.24, 2.45) is 0 Å². The van der Waals surface area contributed by atoms with E-state index >= 15 is 0 Å². The van der Waals surface area contributed by atoms with Gasteiger partial charge in [-0.25, -0.2) is 4.52 Å². The number of nitriles is 1. The van der Waals surface area contributed by atoms with Gasteiger partial charge in [0.15, 0.2) is 5.01 Å². The molecular weight excluding hydrogens is 693 g/mol. The quantitative estimate of drug-likeness (QED) is 0.219. The molecule has 1 aliphatic carbocycles. The zero-order valence-corrected chi connectivity index (χ0v) is 30.0. The van der Waals surface area contributed by atoms with Crippen LogP contribution in [0.25, 0.3) is 27.5 Å². The number of carbonyl (C=O) groups excluding carboxylic acids is 4. The Hall–Kier alpha value is -6.01. The fraction of sp³-hybridized carbons (Fsp3) is 0.342. The molecule has 15 heteroatoms. The largest absolute Gasteiger partial charge is 0.387 e. The van der Waals surface area contributed by atoms with E-state index in [0.717, 1.165) is 75.0 Å². The van der Waals surface area contributed by atoms with Crippen molar-refractivity contribution < 1.29 is 19.2 Å². The molecule has 1 unspecified atom stereocenters. The number of amides is 4. The first-order valence-electron chi connectivity index (χ1n) is 17.6. The average Bonchev–Trinajstić information content (AvgIpc) is 3.92. The maximum absolute atomic E-state index is 13.4. The van der Waals surface area contributed by atoms with E-state index < -0.39 is 11.9 Å². The minimum Gasteiger partial charge on any atom is -0.387 e. The van der Waals surface area contributed by atoms with Crippen LogP contribution in [0.4, 0.5) is 5.69 Å². The second-order valence-corrected chi connectivity index (χ2v) is 14.8. The van der Waals surface area contributed by atoms with Gasteiger partial charge in [-0.2, -0.15) is 10.4 Å². The van der Waals surface area contributed by atoms with Gasteiger partial charge in [-0.1, -0.05) is 23.5 Å². The van der Waals surface area contributed by atoms with E-state index in [1.807, 2.05) is 49.3 Å². The number of likely N-dealkylation sites (N-methyl/N-ethyl adjacent to an activating group) is 1. The summed E-state index contributed by atoms with van der Waals surface area (Å²) in [5, 5.41) is 30.1. The Labute approximate surface area is 308 Å². The molecule has 2 N–H and O–H groups in total. The van der Waals surface area contributed by atoms with Crippen LogP contribution in [0.5, 0.6) is 0 Å². The standard InChI is InChI=1S/C38H36N10O4S/c1-40-29-16-30(31-10-8-26-14-22(17-39)18-42-48(26)31)41-19-28(29)37-45-44-36(53-37)23-4-6-25(7-5-23)46(2)34(50)15-21-3-9-27-24(13-21)20-47(38(27)52)32-11-12-33(49)43-35(32)51/h3,8-10,13-14,16,18-19,23,25,32H,4-7,11-12,15,20H2,1-2H3,(H,40,41)(H,43,49,51). The first-order valence-corrected chi connectivity index (χ1v) is 18.4. The highest BCUT2D eigenvalue weighted by Crippen LogP contribution is 2.40. The van der Waals surface area contributed by atoms with Gasteiger partial charge in [-0.15, -0.1) is 10.2 Å². The van der Waals surface area contributed by atoms with E-state index in [2.05, 4.69) is 32.0 Å². The van der Waals surface area contributed by atoms with Crippen LogP contribution >= 0.6 is 11.3 Å². The SMILES string of the molecule is CNc1cc(-c2ccc3cc(C#N)cnn23)ncc1-c1nnc(C2CCC(N(C)C(=O)Cc3ccc4c(c3)CN(C3CCC(=O)NC3=O)C4=O)CC2)s1. The van der Waals surface area contributed by atoms with E-state index in [4.69, 9.17) is 4.98 Å². The third kappa shape index (κ3) is 6.39. The summed E-state index contributed by atoms with van der Waals surface area (Å²) in [6.45, 7) is 0.280. The second kappa shape index (κ2) is 13.8. The first kappa shape index (κ1) is 34.1. The van der Waals surface area contributed by atoms with Crippen LogP contribution in [0.15, 0.2) is 54.9 Å². The van der Waals surface area contributed by atoms with Gasteiger partial charge in [0.05, 0.1) is 40.6 Å². The summed E-state index contributed by atoms with van der Waals surface area (Å²) in [5.41, 5.74) is 6.74. The lowest BCUT2D eigenvalue weighted by Gasteiger charge is -2.34. The number of rotatable bonds is 8. The van der Waals surface area contributed by atoms with Crippen LogP contribution in [0, 0.1) is 11.3 Å². The third-order valence-corrected chi connectivity index (χ3v) is 11.8. The van der Waals surface area contributed by atoms with Crippen molar-refractivity contribution in [1.82, 2.24) is 39.9 Å². The Morgan fingerprint density at radius 1 is 1.04 bits per heavy atom. The summed E-state index contributed by atoms with van der Waals surface area (Å²) < 4.78 is 1.77. The third-order valence-electron chi connectivity index (χ3n) is 10.7. The monoisotopic (exact) mass is 728 g/mol. The fourth-order valence-electron chi connectivity index (χ4n) is 7.69. The van der Waals surface area contributed by atoms with E-state index in [9.17, 15) is 24.4 Å². The van der Waals surface area contributed by atoms with Gasteiger partial charge in [0, 0.05) is 56.5 Å². The minimum atomic E-state index is -0.670. The van der Waals surface area contributed by atoms with Crippen molar-refractivity contribution in [3.05, 3.63) is 82.1 Å². The Balaban J connectivity index is 0.881. The lowest BCUT2D eigenvalue weighted by atomic mass is 9.85. The van der Waals surface area contributed by atoms with Crippen LogP contribution in [-0.2, 0) is 27.3 Å². The zero-order chi connectivity index (χ0) is 36.8. The highest BCUT2D eigenvalue weighted by atomic mass is 32.1. The van der Waals surface area contributed by atoms with E-state index in [-0.39, 0.29) is 49.1 Å². The summed E-state index contributed by atoms with van der Waals surface area (Å²) in [4.78, 5) is 58.6. The number of imide groups is 1. The Morgan fingerprint density at radius 2 is 1.87 bits per heavy atom. The molecule has 0 bridgehead atoms. The number of carbonyl (C=O) groups is 4. The molecule has 2 fully saturated rings. The molecule has 1 saturated carbocycles. The number of pyridine rings is 1. The summed E-state index contributed by atoms with van der Waals surface area (Å²) in [6.07, 6.45) is 7.58. The van der Waals surface area contributed by atoms with E-state index in [0.29, 0.717) is 17.5 Å². The maximum Gasteiger partial charge on any atom is 0.255 e. The number of benzene rings is 1. The lowest BCUT2D eigenvalue weighted by molar-refractivity contribution is -0.137. The van der Waals surface area contributed by atoms with Crippen LogP contribution in [0.1, 0.15) is 76.5 Å². The number of fused-ring (bicyclic) bond motifs is 2. The number of piperidine rings is 1. The number of nitrogens with zero attached hydrogens (tertiary/aromatic N) is 8. The van der Waals surface area contributed by atoms with Crippen molar-refractivity contribution >= 4 is 46.2 Å². The molecule has 1 aromatic carbocycles. The summed E-state index contributed by atoms with van der Waals surface area (Å²) in [6, 6.07) is 14.6. The molecule has 8 rings (SSSR count). The predicted octanol–water partition coefficient (Wildman–Crippen LogP) is 4.32. The molecule has 1 atom stereocenters. The Kier molecular flexibility index (Phi) is 8.91. The summed E-state index contributed by atoms with van der Waals surface area (Å²) in [7, 11) is 3.73. The fourth-order valence-corrected chi connectivity index (χ4v) is 8.72. The lowest BCUT2D eigenvalue weighted by Crippen LogP contribution is -2.52. The highest BCUT2D eigenvalue weighted by Gasteiger charge is 2.39. The summed E-state index contributed by atoms with van der Waals surface area (Å²) in [5.74, 6) is -0.710. The van der Waals surface area contributed by atoms with Gasteiger partial charge in [-0.3, -0.25) is 29.5 Å². The Bertz CT molecular complexity index is 2340. The molecule has 6 heterocycles. The number of hydrogen-bond donors (Lipinski definition) is 2. The molecule has 268 valence electrons. The molecule has 53 heavy (non-hydrogen) atoms. The molecule has 14 nitrogen and oxygen atoms in total. The normalized spacial score (nSPS) is 19.9. The van der Waals surface area contributed by atoms with Gasteiger partial charge in [-0.05, 0) is 73.6 Å². The summed E-state index contributed by atoms with van der Waals surface area (Å²) >= 11 is 1.57. The molecule has 5 aromatic rings. The molecule has 0 radical (unpaired) electrons. The van der Waals surface area contributed by atoms with Crippen LogP contribution in [0.2, 0.25) is 0 Å². The highest BCUT2D eigenvalue weighted by molar-refractivity contribution is 7.14. The number of aromatic nitrogens is 5. The van der Waals surface area contributed by atoms with Gasteiger partial charge in [0.25, 0.3) is 5.91 Å². The predicted molar refractivity (Wildman–Crippen MR) is 196 cm³/mol. The minimum absolute atomic E-state index is 0.0179. The van der Waals surface area contributed by atoms with E-state index in [1.54, 1.807) is 34.2 Å². The molecule has 0 spiro atoms. The van der Waals surface area contributed by atoms with Crippen LogP contribution in [-0.4, -0.2) is 84.4 Å². The maximum atomic E-state index is 13.4. The van der Waals surface area contributed by atoms with Crippen molar-refractivity contribution in [2.75, 3.05) is 19.4 Å². The van der Waals surface area contributed by atoms with Gasteiger partial charge in [0.2, 0.25) is 17.7 Å². The van der Waals surface area contributed by atoms with Gasteiger partial charge < -0.3 is 15.1 Å². The topological polar surface area (TPSA) is 179 Å². The van der Waals surface area contributed by atoms with Gasteiger partial charge in [0.1, 0.15) is 17.1 Å². The van der Waals surface area contributed by atoms with Crippen molar-refractivity contribution in [1.29, 1.82) is 5.26 Å².